The molecule has 0 aromatic heterocycles. The van der Waals surface area contributed by atoms with Crippen molar-refractivity contribution in [3.05, 3.63) is 58.6 Å². The minimum atomic E-state index is -0.521. The molecule has 1 aliphatic rings. The molecule has 28 heavy (non-hydrogen) atoms. The summed E-state index contributed by atoms with van der Waals surface area (Å²) in [6.07, 6.45) is 1.47. The number of hydrazine groups is 1. The highest BCUT2D eigenvalue weighted by Gasteiger charge is 2.35. The Labute approximate surface area is 168 Å². The molecule has 0 unspecified atom stereocenters. The second-order valence-electron chi connectivity index (χ2n) is 7.22. The monoisotopic (exact) mass is 400 g/mol. The third kappa shape index (κ3) is 4.12. The lowest BCUT2D eigenvalue weighted by molar-refractivity contribution is -0.117. The van der Waals surface area contributed by atoms with Crippen molar-refractivity contribution in [1.82, 2.24) is 5.43 Å². The number of carbonyl (C=O) groups excluding carboxylic acids is 2. The maximum Gasteiger partial charge on any atom is 0.282 e. The molecule has 0 atom stereocenters. The number of hydrogen-bond acceptors (Lipinski definition) is 4. The van der Waals surface area contributed by atoms with Gasteiger partial charge >= 0.3 is 0 Å². The molecule has 3 rings (SSSR count). The largest absolute Gasteiger partial charge is 0.493 e. The van der Waals surface area contributed by atoms with E-state index in [0.29, 0.717) is 27.8 Å². The molecular weight excluding hydrogens is 380 g/mol. The SMILES string of the molecule is COc1cc(Cl)cc(/C=C2\C(=O)NN(c3ccccc3)C2=O)c1OC(C)(C)C. The van der Waals surface area contributed by atoms with Crippen molar-refractivity contribution in [2.75, 3.05) is 12.1 Å². The molecule has 1 heterocycles. The van der Waals surface area contributed by atoms with E-state index in [1.54, 1.807) is 36.4 Å². The van der Waals surface area contributed by atoms with Crippen LogP contribution in [-0.4, -0.2) is 24.5 Å². The molecular formula is C21H21ClN2O4. The van der Waals surface area contributed by atoms with Gasteiger partial charge in [0.15, 0.2) is 11.5 Å². The molecule has 1 N–H and O–H groups in total. The van der Waals surface area contributed by atoms with Crippen molar-refractivity contribution < 1.29 is 19.1 Å². The molecule has 2 aromatic rings. The number of halogens is 1. The summed E-state index contributed by atoms with van der Waals surface area (Å²) in [6.45, 7) is 5.67. The standard InChI is InChI=1S/C21H21ClN2O4/c1-21(2,3)28-18-13(10-14(22)12-17(18)27-4)11-16-19(25)23-24(20(16)26)15-8-6-5-7-9-15/h5-12H,1-4H3,(H,23,25)/b16-11+. The van der Waals surface area contributed by atoms with E-state index >= 15 is 0 Å². The fraction of sp³-hybridized carbons (Fsp3) is 0.238. The number of rotatable bonds is 4. The first kappa shape index (κ1) is 19.8. The zero-order chi connectivity index (χ0) is 20.5. The van der Waals surface area contributed by atoms with Crippen LogP contribution in [-0.2, 0) is 9.59 Å². The van der Waals surface area contributed by atoms with E-state index in [-0.39, 0.29) is 5.57 Å². The van der Waals surface area contributed by atoms with Gasteiger partial charge in [0.1, 0.15) is 11.2 Å². The Morgan fingerprint density at radius 3 is 2.39 bits per heavy atom. The van der Waals surface area contributed by atoms with E-state index in [1.165, 1.54) is 18.2 Å². The first-order chi connectivity index (χ1) is 13.2. The smallest absolute Gasteiger partial charge is 0.282 e. The molecule has 1 fully saturated rings. The summed E-state index contributed by atoms with van der Waals surface area (Å²) in [5.74, 6) is -0.142. The summed E-state index contributed by atoms with van der Waals surface area (Å²) in [7, 11) is 1.50. The Morgan fingerprint density at radius 1 is 1.11 bits per heavy atom. The van der Waals surface area contributed by atoms with Gasteiger partial charge in [-0.05, 0) is 45.0 Å². The number of anilines is 1. The molecule has 0 radical (unpaired) electrons. The van der Waals surface area contributed by atoms with Crippen LogP contribution in [0.2, 0.25) is 5.02 Å². The summed E-state index contributed by atoms with van der Waals surface area (Å²) in [5.41, 5.74) is 3.08. The molecule has 7 heteroatoms. The number of amides is 2. The van der Waals surface area contributed by atoms with Crippen LogP contribution < -0.4 is 19.9 Å². The molecule has 1 saturated heterocycles. The fourth-order valence-corrected chi connectivity index (χ4v) is 2.95. The molecule has 2 amide bonds. The number of ether oxygens (including phenoxy) is 2. The van der Waals surface area contributed by atoms with Gasteiger partial charge in [0, 0.05) is 16.7 Å². The van der Waals surface area contributed by atoms with E-state index in [0.717, 1.165) is 0 Å². The van der Waals surface area contributed by atoms with E-state index < -0.39 is 17.4 Å². The van der Waals surface area contributed by atoms with Crippen LogP contribution in [0, 0.1) is 0 Å². The minimum Gasteiger partial charge on any atom is -0.493 e. The average molecular weight is 401 g/mol. The Hall–Kier alpha value is -2.99. The normalized spacial score (nSPS) is 15.8. The van der Waals surface area contributed by atoms with Gasteiger partial charge in [-0.25, -0.2) is 5.01 Å². The van der Waals surface area contributed by atoms with Crippen LogP contribution in [0.15, 0.2) is 48.0 Å². The zero-order valence-electron chi connectivity index (χ0n) is 16.1. The molecule has 1 aliphatic heterocycles. The van der Waals surface area contributed by atoms with Gasteiger partial charge in [-0.15, -0.1) is 0 Å². The summed E-state index contributed by atoms with van der Waals surface area (Å²) in [4.78, 5) is 25.3. The van der Waals surface area contributed by atoms with Crippen molar-refractivity contribution >= 4 is 35.2 Å². The Bertz CT molecular complexity index is 949. The van der Waals surface area contributed by atoms with Crippen LogP contribution in [0.25, 0.3) is 6.08 Å². The number of para-hydroxylation sites is 1. The number of nitrogens with zero attached hydrogens (tertiary/aromatic N) is 1. The van der Waals surface area contributed by atoms with Gasteiger partial charge in [0.05, 0.1) is 12.8 Å². The number of nitrogens with one attached hydrogen (secondary N) is 1. The fourth-order valence-electron chi connectivity index (χ4n) is 2.73. The maximum atomic E-state index is 12.8. The first-order valence-electron chi connectivity index (χ1n) is 8.68. The van der Waals surface area contributed by atoms with E-state index in [2.05, 4.69) is 5.43 Å². The van der Waals surface area contributed by atoms with E-state index in [1.807, 2.05) is 26.8 Å². The van der Waals surface area contributed by atoms with Crippen molar-refractivity contribution in [3.8, 4) is 11.5 Å². The summed E-state index contributed by atoms with van der Waals surface area (Å²) in [6, 6.07) is 12.1. The quantitative estimate of drug-likeness (QED) is 0.622. The lowest BCUT2D eigenvalue weighted by Gasteiger charge is -2.24. The van der Waals surface area contributed by atoms with Gasteiger partial charge in [-0.3, -0.25) is 15.0 Å². The van der Waals surface area contributed by atoms with Crippen LogP contribution in [0.3, 0.4) is 0 Å². The van der Waals surface area contributed by atoms with Crippen molar-refractivity contribution in [1.29, 1.82) is 0 Å². The van der Waals surface area contributed by atoms with E-state index in [9.17, 15) is 9.59 Å². The highest BCUT2D eigenvalue weighted by molar-refractivity contribution is 6.32. The van der Waals surface area contributed by atoms with Gasteiger partial charge < -0.3 is 9.47 Å². The lowest BCUT2D eigenvalue weighted by atomic mass is 10.1. The number of carbonyl (C=O) groups is 2. The molecule has 146 valence electrons. The minimum absolute atomic E-state index is 0.0214. The number of methoxy groups -OCH3 is 1. The predicted molar refractivity (Wildman–Crippen MR) is 108 cm³/mol. The Morgan fingerprint density at radius 2 is 1.79 bits per heavy atom. The molecule has 0 aliphatic carbocycles. The Balaban J connectivity index is 2.06. The topological polar surface area (TPSA) is 67.9 Å². The molecule has 2 aromatic carbocycles. The second kappa shape index (κ2) is 7.56. The highest BCUT2D eigenvalue weighted by Crippen LogP contribution is 2.38. The van der Waals surface area contributed by atoms with Crippen LogP contribution >= 0.6 is 11.6 Å². The van der Waals surface area contributed by atoms with Crippen molar-refractivity contribution in [2.24, 2.45) is 0 Å². The summed E-state index contributed by atoms with van der Waals surface area (Å²) >= 11 is 6.19. The second-order valence-corrected chi connectivity index (χ2v) is 7.65. The Kier molecular flexibility index (Phi) is 5.34. The van der Waals surface area contributed by atoms with Gasteiger partial charge in [-0.2, -0.15) is 0 Å². The first-order valence-corrected chi connectivity index (χ1v) is 9.06. The molecule has 0 saturated carbocycles. The molecule has 0 spiro atoms. The molecule has 0 bridgehead atoms. The summed E-state index contributed by atoms with van der Waals surface area (Å²) in [5, 5.41) is 1.61. The number of hydrogen-bond donors (Lipinski definition) is 1. The maximum absolute atomic E-state index is 12.8. The van der Waals surface area contributed by atoms with Crippen molar-refractivity contribution in [3.63, 3.8) is 0 Å². The van der Waals surface area contributed by atoms with E-state index in [4.69, 9.17) is 21.1 Å². The van der Waals surface area contributed by atoms with Gasteiger partial charge in [0.2, 0.25) is 0 Å². The summed E-state index contributed by atoms with van der Waals surface area (Å²) < 4.78 is 11.4. The lowest BCUT2D eigenvalue weighted by Crippen LogP contribution is -2.35. The van der Waals surface area contributed by atoms with Crippen LogP contribution in [0.5, 0.6) is 11.5 Å². The average Bonchev–Trinajstić information content (AvgIpc) is 2.91. The predicted octanol–water partition coefficient (Wildman–Crippen LogP) is 3.99. The highest BCUT2D eigenvalue weighted by atomic mass is 35.5. The zero-order valence-corrected chi connectivity index (χ0v) is 16.8. The van der Waals surface area contributed by atoms with Crippen molar-refractivity contribution in [2.45, 2.75) is 26.4 Å². The van der Waals surface area contributed by atoms with Crippen LogP contribution in [0.1, 0.15) is 26.3 Å². The van der Waals surface area contributed by atoms with Gasteiger partial charge in [-0.1, -0.05) is 29.8 Å². The van der Waals surface area contributed by atoms with Crippen LogP contribution in [0.4, 0.5) is 5.69 Å². The third-order valence-electron chi connectivity index (χ3n) is 3.88. The molecule has 6 nitrogen and oxygen atoms in total. The number of benzene rings is 2. The van der Waals surface area contributed by atoms with Gasteiger partial charge in [0.25, 0.3) is 11.8 Å². The third-order valence-corrected chi connectivity index (χ3v) is 4.10.